The van der Waals surface area contributed by atoms with Crippen molar-refractivity contribution in [2.75, 3.05) is 0 Å². The highest BCUT2D eigenvalue weighted by Crippen LogP contribution is 2.02. The van der Waals surface area contributed by atoms with E-state index in [1.165, 1.54) is 16.7 Å². The van der Waals surface area contributed by atoms with Crippen LogP contribution in [0.2, 0.25) is 0 Å². The molecule has 0 saturated heterocycles. The lowest BCUT2D eigenvalue weighted by atomic mass is 10.1. The van der Waals surface area contributed by atoms with Gasteiger partial charge in [0.25, 0.3) is 0 Å². The van der Waals surface area contributed by atoms with Crippen molar-refractivity contribution in [3.63, 3.8) is 0 Å². The van der Waals surface area contributed by atoms with Gasteiger partial charge >= 0.3 is 0 Å². The highest BCUT2D eigenvalue weighted by Gasteiger charge is 1.83. The van der Waals surface area contributed by atoms with Crippen LogP contribution in [0.25, 0.3) is 6.08 Å². The van der Waals surface area contributed by atoms with E-state index in [1.807, 2.05) is 43.3 Å². The Labute approximate surface area is 130 Å². The van der Waals surface area contributed by atoms with E-state index >= 15 is 0 Å². The first-order chi connectivity index (χ1) is 10.0. The molecule has 0 spiro atoms. The quantitative estimate of drug-likeness (QED) is 0.559. The molecule has 21 heavy (non-hydrogen) atoms. The number of hydrogen-bond acceptors (Lipinski definition) is 0. The molecule has 0 radical (unpaired) electrons. The predicted octanol–water partition coefficient (Wildman–Crippen LogP) is 6.38. The van der Waals surface area contributed by atoms with Gasteiger partial charge in [0.05, 0.1) is 0 Å². The first-order valence-corrected chi connectivity index (χ1v) is 6.99. The summed E-state index contributed by atoms with van der Waals surface area (Å²) in [5, 5.41) is 0. The first kappa shape index (κ1) is 18.7. The Hall–Kier alpha value is -2.34. The summed E-state index contributed by atoms with van der Waals surface area (Å²) in [5.74, 6) is 0. The van der Waals surface area contributed by atoms with Crippen molar-refractivity contribution in [3.05, 3.63) is 103 Å². The van der Waals surface area contributed by atoms with Gasteiger partial charge in [-0.1, -0.05) is 92.1 Å². The summed E-state index contributed by atoms with van der Waals surface area (Å²) in [6.07, 6.45) is 3.56. The Bertz CT molecular complexity index is 526. The minimum Gasteiger partial charge on any atom is -0.0988 e. The molecule has 0 N–H and O–H groups in total. The highest BCUT2D eigenvalue weighted by atomic mass is 13.9. The van der Waals surface area contributed by atoms with Crippen LogP contribution in [0.5, 0.6) is 0 Å². The molecule has 0 saturated carbocycles. The van der Waals surface area contributed by atoms with E-state index in [0.29, 0.717) is 0 Å². The maximum atomic E-state index is 3.63. The third kappa shape index (κ3) is 10.1. The summed E-state index contributed by atoms with van der Waals surface area (Å²) < 4.78 is 0. The summed E-state index contributed by atoms with van der Waals surface area (Å²) in [7, 11) is 0. The van der Waals surface area contributed by atoms with Crippen molar-refractivity contribution < 1.29 is 0 Å². The number of aryl methyl sites for hydroxylation is 2. The van der Waals surface area contributed by atoms with Gasteiger partial charge in [0.2, 0.25) is 0 Å². The topological polar surface area (TPSA) is 0 Å². The van der Waals surface area contributed by atoms with Gasteiger partial charge in [-0.15, -0.1) is 0 Å². The van der Waals surface area contributed by atoms with Crippen LogP contribution in [0.4, 0.5) is 0 Å². The van der Waals surface area contributed by atoms with Crippen molar-refractivity contribution in [1.82, 2.24) is 0 Å². The minimum absolute atomic E-state index is 1.02. The normalized spacial score (nSPS) is 8.33. The highest BCUT2D eigenvalue weighted by molar-refractivity contribution is 5.45. The van der Waals surface area contributed by atoms with Crippen molar-refractivity contribution >= 4 is 6.08 Å². The van der Waals surface area contributed by atoms with Gasteiger partial charge in [-0.3, -0.25) is 0 Å². The Kier molecular flexibility index (Phi) is 10.2. The van der Waals surface area contributed by atoms with E-state index in [0.717, 1.165) is 5.57 Å². The molecule has 0 atom stereocenters. The van der Waals surface area contributed by atoms with Gasteiger partial charge < -0.3 is 0 Å². The largest absolute Gasteiger partial charge is 0.0988 e. The maximum Gasteiger partial charge on any atom is -0.0263 e. The molecule has 0 fully saturated rings. The molecule has 2 aromatic carbocycles. The average Bonchev–Trinajstić information content (AvgIpc) is 2.52. The van der Waals surface area contributed by atoms with Gasteiger partial charge in [-0.2, -0.15) is 0 Å². The van der Waals surface area contributed by atoms with Crippen molar-refractivity contribution in [1.29, 1.82) is 0 Å². The minimum atomic E-state index is 1.02. The number of rotatable bonds is 2. The molecule has 0 bridgehead atoms. The summed E-state index contributed by atoms with van der Waals surface area (Å²) in [6, 6.07) is 18.4. The zero-order chi connectivity index (χ0) is 16.1. The fourth-order valence-electron chi connectivity index (χ4n) is 1.25. The summed E-state index contributed by atoms with van der Waals surface area (Å²) in [6.45, 7) is 16.8. The smallest absolute Gasteiger partial charge is 0.0263 e. The van der Waals surface area contributed by atoms with Crippen LogP contribution in [0.15, 0.2) is 86.0 Å². The second kappa shape index (κ2) is 11.5. The molecule has 0 heterocycles. The molecule has 0 unspecified atom stereocenters. The lowest BCUT2D eigenvalue weighted by Gasteiger charge is -1.93. The standard InChI is InChI=1S/C8H10.C8H8.C5H8/c1-7-5-3-4-6-8(7)2;1-2-8-6-4-3-5-7-8;1-4-5(2)3/h3-6H,1-2H3;2-7H,1H2;4H,1-2H2,3H3. The van der Waals surface area contributed by atoms with Crippen molar-refractivity contribution in [2.45, 2.75) is 20.8 Å². The second-order valence-electron chi connectivity index (χ2n) is 4.75. The van der Waals surface area contributed by atoms with Crippen LogP contribution in [-0.2, 0) is 0 Å². The van der Waals surface area contributed by atoms with Crippen LogP contribution in [0.3, 0.4) is 0 Å². The second-order valence-corrected chi connectivity index (χ2v) is 4.75. The molecule has 0 amide bonds. The van der Waals surface area contributed by atoms with Crippen LogP contribution in [-0.4, -0.2) is 0 Å². The Morgan fingerprint density at radius 2 is 1.19 bits per heavy atom. The molecule has 0 aliphatic heterocycles. The van der Waals surface area contributed by atoms with Gasteiger partial charge in [-0.25, -0.2) is 0 Å². The van der Waals surface area contributed by atoms with E-state index < -0.39 is 0 Å². The summed E-state index contributed by atoms with van der Waals surface area (Å²) in [5.41, 5.74) is 4.93. The van der Waals surface area contributed by atoms with Crippen molar-refractivity contribution in [3.8, 4) is 0 Å². The van der Waals surface area contributed by atoms with Crippen LogP contribution >= 0.6 is 0 Å². The lowest BCUT2D eigenvalue weighted by Crippen LogP contribution is -1.74. The Balaban J connectivity index is 0.000000296. The molecule has 0 heteroatoms. The summed E-state index contributed by atoms with van der Waals surface area (Å²) in [4.78, 5) is 0. The van der Waals surface area contributed by atoms with Crippen LogP contribution in [0, 0.1) is 13.8 Å². The molecule has 110 valence electrons. The monoisotopic (exact) mass is 278 g/mol. The number of hydrogen-bond donors (Lipinski definition) is 0. The van der Waals surface area contributed by atoms with Gasteiger partial charge in [-0.05, 0) is 37.5 Å². The Morgan fingerprint density at radius 3 is 1.43 bits per heavy atom. The Morgan fingerprint density at radius 1 is 0.810 bits per heavy atom. The maximum absolute atomic E-state index is 3.63. The van der Waals surface area contributed by atoms with E-state index in [2.05, 4.69) is 57.8 Å². The number of benzene rings is 2. The van der Waals surface area contributed by atoms with E-state index in [4.69, 9.17) is 0 Å². The lowest BCUT2D eigenvalue weighted by molar-refractivity contribution is 1.34. The van der Waals surface area contributed by atoms with Gasteiger partial charge in [0.1, 0.15) is 0 Å². The van der Waals surface area contributed by atoms with E-state index in [1.54, 1.807) is 6.08 Å². The van der Waals surface area contributed by atoms with Gasteiger partial charge in [0, 0.05) is 0 Å². The predicted molar refractivity (Wildman–Crippen MR) is 97.5 cm³/mol. The SMILES string of the molecule is C=CC(=C)C.C=Cc1ccccc1.Cc1ccccc1C. The average molecular weight is 278 g/mol. The zero-order valence-corrected chi connectivity index (χ0v) is 13.5. The van der Waals surface area contributed by atoms with Gasteiger partial charge in [0.15, 0.2) is 0 Å². The molecule has 0 aliphatic rings. The fraction of sp³-hybridized carbons (Fsp3) is 0.143. The molecular weight excluding hydrogens is 252 g/mol. The molecular formula is C21H26. The third-order valence-electron chi connectivity index (χ3n) is 2.81. The molecule has 2 rings (SSSR count). The third-order valence-corrected chi connectivity index (χ3v) is 2.81. The number of allylic oxidation sites excluding steroid dienone is 2. The van der Waals surface area contributed by atoms with Crippen molar-refractivity contribution in [2.24, 2.45) is 0 Å². The zero-order valence-electron chi connectivity index (χ0n) is 13.5. The molecule has 0 aromatic heterocycles. The van der Waals surface area contributed by atoms with Crippen LogP contribution < -0.4 is 0 Å². The molecule has 0 aliphatic carbocycles. The first-order valence-electron chi connectivity index (χ1n) is 6.99. The fourth-order valence-corrected chi connectivity index (χ4v) is 1.25. The molecule has 2 aromatic rings. The molecule has 0 nitrogen and oxygen atoms in total. The van der Waals surface area contributed by atoms with E-state index in [9.17, 15) is 0 Å². The van der Waals surface area contributed by atoms with Crippen LogP contribution in [0.1, 0.15) is 23.6 Å². The van der Waals surface area contributed by atoms with E-state index in [-0.39, 0.29) is 0 Å². The summed E-state index contributed by atoms with van der Waals surface area (Å²) >= 11 is 0.